The zero-order chi connectivity index (χ0) is 29.8. The van der Waals surface area contributed by atoms with Crippen molar-refractivity contribution in [3.05, 3.63) is 30.3 Å². The van der Waals surface area contributed by atoms with Gasteiger partial charge >= 0.3 is 6.09 Å². The Morgan fingerprint density at radius 1 is 0.975 bits per heavy atom. The average Bonchev–Trinajstić information content (AvgIpc) is 3.18. The second kappa shape index (κ2) is 16.3. The van der Waals surface area contributed by atoms with Crippen LogP contribution in [-0.2, 0) is 9.47 Å². The molecule has 5 nitrogen and oxygen atoms in total. The van der Waals surface area contributed by atoms with Crippen LogP contribution in [0.3, 0.4) is 0 Å². The zero-order valence-corrected chi connectivity index (χ0v) is 28.1. The van der Waals surface area contributed by atoms with Crippen LogP contribution < -0.4 is 5.19 Å². The molecule has 3 atom stereocenters. The molecule has 0 bridgehead atoms. The molecule has 0 saturated carbocycles. The molecule has 0 radical (unpaired) electrons. The fourth-order valence-corrected chi connectivity index (χ4v) is 10.2. The summed E-state index contributed by atoms with van der Waals surface area (Å²) in [5.74, 6) is 0. The molecule has 1 fully saturated rings. The average molecular weight is 576 g/mol. The van der Waals surface area contributed by atoms with Crippen LogP contribution in [0, 0.1) is 0 Å². The smallest absolute Gasteiger partial charge is 0.412 e. The number of aliphatic hydroxyl groups excluding tert-OH is 1. The zero-order valence-electron chi connectivity index (χ0n) is 27.1. The summed E-state index contributed by atoms with van der Waals surface area (Å²) < 4.78 is 12.1. The van der Waals surface area contributed by atoms with E-state index in [1.807, 2.05) is 40.7 Å². The number of amides is 1. The van der Waals surface area contributed by atoms with Crippen LogP contribution in [0.5, 0.6) is 0 Å². The van der Waals surface area contributed by atoms with Gasteiger partial charge in [0.15, 0.2) is 0 Å². The van der Waals surface area contributed by atoms with Crippen LogP contribution in [0.25, 0.3) is 0 Å². The van der Waals surface area contributed by atoms with Crippen molar-refractivity contribution >= 4 is 19.4 Å². The highest BCUT2D eigenvalue weighted by Gasteiger charge is 2.54. The summed E-state index contributed by atoms with van der Waals surface area (Å²) in [7, 11) is -2.23. The maximum Gasteiger partial charge on any atom is 0.412 e. The molecule has 1 saturated heterocycles. The molecule has 1 N–H and O–H groups in total. The number of ether oxygens (including phenoxy) is 2. The highest BCUT2D eigenvalue weighted by atomic mass is 28.3. The van der Waals surface area contributed by atoms with Gasteiger partial charge in [0.05, 0.1) is 26.8 Å². The van der Waals surface area contributed by atoms with Crippen molar-refractivity contribution in [2.24, 2.45) is 0 Å². The van der Waals surface area contributed by atoms with Gasteiger partial charge in [-0.2, -0.15) is 0 Å². The molecule has 1 aliphatic heterocycles. The fourth-order valence-electron chi connectivity index (χ4n) is 6.42. The second-order valence-electron chi connectivity index (χ2n) is 14.0. The minimum atomic E-state index is -2.23. The number of rotatable bonds is 17. The van der Waals surface area contributed by atoms with Crippen LogP contribution in [0.2, 0.25) is 18.6 Å². The van der Waals surface area contributed by atoms with E-state index in [0.29, 0.717) is 6.61 Å². The van der Waals surface area contributed by atoms with Crippen molar-refractivity contribution in [1.82, 2.24) is 4.90 Å². The third kappa shape index (κ3) is 10.8. The molecule has 40 heavy (non-hydrogen) atoms. The Labute approximate surface area is 247 Å². The number of carbonyl (C=O) groups is 1. The van der Waals surface area contributed by atoms with Crippen LogP contribution in [0.15, 0.2) is 30.3 Å². The van der Waals surface area contributed by atoms with Crippen LogP contribution >= 0.6 is 0 Å². The molecule has 6 heteroatoms. The van der Waals surface area contributed by atoms with Gasteiger partial charge in [-0.1, -0.05) is 133 Å². The lowest BCUT2D eigenvalue weighted by molar-refractivity contribution is -0.0638. The van der Waals surface area contributed by atoms with E-state index in [0.717, 1.165) is 19.3 Å². The molecule has 230 valence electrons. The standard InChI is InChI=1S/C34H61NO4Si/c1-9-10-11-12-13-14-15-16-17-18-19-23-26-30(36)31(40(7,8)28-24-21-20-22-25-28)29-27-38-34(5,6)35(29)32(37)39-33(2,3)4/h20-22,24-25,29-31,36H,9-19,23,26-27H2,1-8H3/t29-,30-,31+/m0/s1. The monoisotopic (exact) mass is 575 g/mol. The molecule has 0 unspecified atom stereocenters. The van der Waals surface area contributed by atoms with Crippen molar-refractivity contribution in [3.63, 3.8) is 0 Å². The normalized spacial score (nSPS) is 19.0. The molecule has 1 heterocycles. The lowest BCUT2D eigenvalue weighted by Crippen LogP contribution is -2.60. The van der Waals surface area contributed by atoms with Crippen LogP contribution in [0.1, 0.15) is 125 Å². The number of nitrogens with zero attached hydrogens (tertiary/aromatic N) is 1. The quantitative estimate of drug-likeness (QED) is 0.149. The molecular weight excluding hydrogens is 514 g/mol. The summed E-state index contributed by atoms with van der Waals surface area (Å²) in [5.41, 5.74) is -1.46. The number of aliphatic hydroxyl groups is 1. The van der Waals surface area contributed by atoms with Gasteiger partial charge in [0.1, 0.15) is 11.3 Å². The number of hydrogen-bond acceptors (Lipinski definition) is 4. The Balaban J connectivity index is 2.04. The lowest BCUT2D eigenvalue weighted by atomic mass is 10.00. The number of hydrogen-bond donors (Lipinski definition) is 1. The Hall–Kier alpha value is -1.37. The third-order valence-electron chi connectivity index (χ3n) is 8.64. The molecular formula is C34H61NO4Si. The van der Waals surface area contributed by atoms with Crippen molar-refractivity contribution in [1.29, 1.82) is 0 Å². The summed E-state index contributed by atoms with van der Waals surface area (Å²) >= 11 is 0. The van der Waals surface area contributed by atoms with E-state index in [9.17, 15) is 9.90 Å². The first-order valence-electron chi connectivity index (χ1n) is 16.2. The van der Waals surface area contributed by atoms with Gasteiger partial charge in [-0.15, -0.1) is 0 Å². The Bertz CT molecular complexity index is 851. The van der Waals surface area contributed by atoms with Gasteiger partial charge in [0, 0.05) is 5.54 Å². The van der Waals surface area contributed by atoms with Crippen molar-refractivity contribution < 1.29 is 19.4 Å². The Morgan fingerprint density at radius 2 is 1.48 bits per heavy atom. The maximum absolute atomic E-state index is 13.5. The third-order valence-corrected chi connectivity index (χ3v) is 12.9. The molecule has 1 amide bonds. The first kappa shape index (κ1) is 34.8. The van der Waals surface area contributed by atoms with Gasteiger partial charge in [-0.3, -0.25) is 4.90 Å². The molecule has 0 aliphatic carbocycles. The number of benzene rings is 1. The van der Waals surface area contributed by atoms with Gasteiger partial charge in [0.2, 0.25) is 0 Å². The molecule has 1 aromatic rings. The fraction of sp³-hybridized carbons (Fsp3) is 0.794. The SMILES string of the molecule is CCCCCCCCCCCCCC[C@H](O)[C@@H]([C@@H]1COC(C)(C)N1C(=O)OC(C)(C)C)[Si](C)(C)c1ccccc1. The summed E-state index contributed by atoms with van der Waals surface area (Å²) in [6.07, 6.45) is 15.5. The van der Waals surface area contributed by atoms with Gasteiger partial charge < -0.3 is 14.6 Å². The van der Waals surface area contributed by atoms with Crippen LogP contribution in [0.4, 0.5) is 4.79 Å². The van der Waals surface area contributed by atoms with Gasteiger partial charge in [-0.25, -0.2) is 4.79 Å². The second-order valence-corrected chi connectivity index (χ2v) is 18.7. The first-order chi connectivity index (χ1) is 18.8. The number of carbonyl (C=O) groups excluding carboxylic acids is 1. The highest BCUT2D eigenvalue weighted by Crippen LogP contribution is 2.42. The summed E-state index contributed by atoms with van der Waals surface area (Å²) in [6.45, 7) is 16.9. The van der Waals surface area contributed by atoms with E-state index in [1.54, 1.807) is 4.90 Å². The molecule has 0 spiro atoms. The van der Waals surface area contributed by atoms with E-state index in [4.69, 9.17) is 9.47 Å². The predicted octanol–water partition coefficient (Wildman–Crippen LogP) is 8.80. The molecule has 2 rings (SSSR count). The summed E-state index contributed by atoms with van der Waals surface area (Å²) in [5, 5.41) is 13.1. The Morgan fingerprint density at radius 3 is 1.98 bits per heavy atom. The molecule has 0 aromatic heterocycles. The van der Waals surface area contributed by atoms with E-state index < -0.39 is 25.5 Å². The van der Waals surface area contributed by atoms with Gasteiger partial charge in [-0.05, 0) is 41.0 Å². The lowest BCUT2D eigenvalue weighted by Gasteiger charge is -2.44. The minimum absolute atomic E-state index is 0.0723. The summed E-state index contributed by atoms with van der Waals surface area (Å²) in [6, 6.07) is 10.3. The van der Waals surface area contributed by atoms with E-state index in [1.165, 1.54) is 69.4 Å². The Kier molecular flexibility index (Phi) is 14.2. The van der Waals surface area contributed by atoms with E-state index >= 15 is 0 Å². The van der Waals surface area contributed by atoms with E-state index in [2.05, 4.69) is 44.3 Å². The molecule has 1 aromatic carbocycles. The van der Waals surface area contributed by atoms with Crippen molar-refractivity contribution in [2.75, 3.05) is 6.61 Å². The van der Waals surface area contributed by atoms with Gasteiger partial charge in [0.25, 0.3) is 0 Å². The summed E-state index contributed by atoms with van der Waals surface area (Å²) in [4.78, 5) is 15.3. The topological polar surface area (TPSA) is 59.0 Å². The molecule has 1 aliphatic rings. The van der Waals surface area contributed by atoms with E-state index in [-0.39, 0.29) is 17.7 Å². The van der Waals surface area contributed by atoms with Crippen molar-refractivity contribution in [3.8, 4) is 0 Å². The number of unbranched alkanes of at least 4 members (excludes halogenated alkanes) is 11. The highest BCUT2D eigenvalue weighted by molar-refractivity contribution is 6.91. The van der Waals surface area contributed by atoms with Crippen molar-refractivity contribution in [2.45, 2.75) is 167 Å². The largest absolute Gasteiger partial charge is 0.444 e. The van der Waals surface area contributed by atoms with Crippen LogP contribution in [-0.4, -0.2) is 54.3 Å². The first-order valence-corrected chi connectivity index (χ1v) is 19.3. The maximum atomic E-state index is 13.5. The predicted molar refractivity (Wildman–Crippen MR) is 171 cm³/mol. The minimum Gasteiger partial charge on any atom is -0.444 e.